The van der Waals surface area contributed by atoms with E-state index in [1.807, 2.05) is 42.5 Å². The lowest BCUT2D eigenvalue weighted by Gasteiger charge is -2.37. The molecule has 1 N–H and O–H groups in total. The molecule has 1 saturated heterocycles. The minimum Gasteiger partial charge on any atom is -0.445 e. The zero-order valence-corrected chi connectivity index (χ0v) is 16.3. The summed E-state index contributed by atoms with van der Waals surface area (Å²) < 4.78 is 5.50. The van der Waals surface area contributed by atoms with E-state index in [1.165, 1.54) is 0 Å². The number of piperidine rings is 1. The number of rotatable bonds is 4. The molecule has 0 aromatic heterocycles. The maximum atomic E-state index is 12.6. The van der Waals surface area contributed by atoms with Crippen LogP contribution in [-0.4, -0.2) is 35.8 Å². The third-order valence-electron chi connectivity index (χ3n) is 6.09. The van der Waals surface area contributed by atoms with Crippen LogP contribution in [0, 0.1) is 5.41 Å². The zero-order chi connectivity index (χ0) is 19.1. The highest BCUT2D eigenvalue weighted by Gasteiger charge is 2.70. The molecule has 0 radical (unpaired) electrons. The number of hydrogen-bond acceptors (Lipinski definition) is 3. The molecule has 1 saturated carbocycles. The van der Waals surface area contributed by atoms with E-state index in [2.05, 4.69) is 0 Å². The zero-order valence-electron chi connectivity index (χ0n) is 14.8. The standard InChI is InChI=1S/C21H21Cl2NO3/c22-17-7-6-16(10-18(17)23)21-12-20(21,14-25)8-9-24(13-21)19(26)27-11-15-4-2-1-3-5-15/h1-7,10,25H,8-9,11-14H2/t20-,21-/m0/s1. The largest absolute Gasteiger partial charge is 0.445 e. The minimum absolute atomic E-state index is 0.0974. The van der Waals surface area contributed by atoms with Gasteiger partial charge in [-0.25, -0.2) is 4.79 Å². The second-order valence-corrected chi connectivity index (χ2v) is 8.35. The summed E-state index contributed by atoms with van der Waals surface area (Å²) in [6, 6.07) is 15.2. The second-order valence-electron chi connectivity index (χ2n) is 7.54. The first-order valence-electron chi connectivity index (χ1n) is 9.02. The van der Waals surface area contributed by atoms with Crippen molar-refractivity contribution in [1.82, 2.24) is 4.90 Å². The Bertz CT molecular complexity index is 860. The highest BCUT2D eigenvalue weighted by molar-refractivity contribution is 6.42. The van der Waals surface area contributed by atoms with Gasteiger partial charge in [-0.05, 0) is 36.1 Å². The molecule has 0 bridgehead atoms. The van der Waals surface area contributed by atoms with Crippen LogP contribution in [0.1, 0.15) is 24.0 Å². The molecular formula is C21H21Cl2NO3. The number of aliphatic hydroxyl groups excluding tert-OH is 1. The van der Waals surface area contributed by atoms with Crippen molar-refractivity contribution < 1.29 is 14.6 Å². The van der Waals surface area contributed by atoms with E-state index < -0.39 is 0 Å². The van der Waals surface area contributed by atoms with Crippen molar-refractivity contribution in [2.45, 2.75) is 24.9 Å². The van der Waals surface area contributed by atoms with E-state index in [0.29, 0.717) is 23.1 Å². The monoisotopic (exact) mass is 405 g/mol. The molecule has 1 aliphatic carbocycles. The molecule has 142 valence electrons. The number of carbonyl (C=O) groups is 1. The Balaban J connectivity index is 1.51. The molecule has 0 spiro atoms. The lowest BCUT2D eigenvalue weighted by molar-refractivity contribution is 0.0646. The molecule has 2 fully saturated rings. The number of amides is 1. The van der Waals surface area contributed by atoms with Gasteiger partial charge in [-0.2, -0.15) is 0 Å². The lowest BCUT2D eigenvalue weighted by Crippen LogP contribution is -2.46. The van der Waals surface area contributed by atoms with Crippen LogP contribution in [0.5, 0.6) is 0 Å². The van der Waals surface area contributed by atoms with Crippen molar-refractivity contribution >= 4 is 29.3 Å². The first kappa shape index (κ1) is 18.6. The van der Waals surface area contributed by atoms with Crippen LogP contribution < -0.4 is 0 Å². The van der Waals surface area contributed by atoms with Crippen LogP contribution in [0.4, 0.5) is 4.79 Å². The van der Waals surface area contributed by atoms with Crippen molar-refractivity contribution in [2.24, 2.45) is 5.41 Å². The van der Waals surface area contributed by atoms with Gasteiger partial charge in [0, 0.05) is 30.5 Å². The fourth-order valence-corrected chi connectivity index (χ4v) is 4.68. The fraction of sp³-hybridized carbons (Fsp3) is 0.381. The van der Waals surface area contributed by atoms with E-state index in [0.717, 1.165) is 24.0 Å². The van der Waals surface area contributed by atoms with Gasteiger partial charge in [-0.3, -0.25) is 0 Å². The second kappa shape index (κ2) is 7.01. The molecule has 6 heteroatoms. The Morgan fingerprint density at radius 1 is 1.15 bits per heavy atom. The van der Waals surface area contributed by atoms with Gasteiger partial charge >= 0.3 is 6.09 Å². The summed E-state index contributed by atoms with van der Waals surface area (Å²) in [7, 11) is 0. The van der Waals surface area contributed by atoms with Crippen LogP contribution in [-0.2, 0) is 16.8 Å². The summed E-state index contributed by atoms with van der Waals surface area (Å²) in [5, 5.41) is 11.0. The summed E-state index contributed by atoms with van der Waals surface area (Å²) >= 11 is 12.3. The predicted octanol–water partition coefficient (Wildman–Crippen LogP) is 4.66. The summed E-state index contributed by atoms with van der Waals surface area (Å²) in [6.07, 6.45) is 1.25. The molecular weight excluding hydrogens is 385 g/mol. The van der Waals surface area contributed by atoms with E-state index in [9.17, 15) is 9.90 Å². The van der Waals surface area contributed by atoms with Crippen molar-refractivity contribution in [3.05, 3.63) is 69.7 Å². The minimum atomic E-state index is -0.322. The molecule has 2 atom stereocenters. The van der Waals surface area contributed by atoms with Crippen molar-refractivity contribution in [3.8, 4) is 0 Å². The fourth-order valence-electron chi connectivity index (χ4n) is 4.38. The normalized spacial score (nSPS) is 26.4. The average Bonchev–Trinajstić information content (AvgIpc) is 3.39. The van der Waals surface area contributed by atoms with E-state index in [1.54, 1.807) is 11.0 Å². The lowest BCUT2D eigenvalue weighted by atomic mass is 9.81. The molecule has 4 nitrogen and oxygen atoms in total. The first-order valence-corrected chi connectivity index (χ1v) is 9.77. The Kier molecular flexibility index (Phi) is 4.83. The highest BCUT2D eigenvalue weighted by Crippen LogP contribution is 2.68. The van der Waals surface area contributed by atoms with Gasteiger partial charge in [0.2, 0.25) is 0 Å². The molecule has 2 aliphatic rings. The van der Waals surface area contributed by atoms with Gasteiger partial charge in [-0.1, -0.05) is 59.6 Å². The Morgan fingerprint density at radius 3 is 2.63 bits per heavy atom. The van der Waals surface area contributed by atoms with Gasteiger partial charge in [0.25, 0.3) is 0 Å². The Hall–Kier alpha value is -1.75. The number of benzene rings is 2. The van der Waals surface area contributed by atoms with Crippen molar-refractivity contribution in [1.29, 1.82) is 0 Å². The predicted molar refractivity (Wildman–Crippen MR) is 105 cm³/mol. The van der Waals surface area contributed by atoms with Gasteiger partial charge in [0.15, 0.2) is 0 Å². The van der Waals surface area contributed by atoms with E-state index >= 15 is 0 Å². The third-order valence-corrected chi connectivity index (χ3v) is 6.83. The summed E-state index contributed by atoms with van der Waals surface area (Å²) in [5.41, 5.74) is 1.49. The third kappa shape index (κ3) is 3.20. The average molecular weight is 406 g/mol. The smallest absolute Gasteiger partial charge is 0.410 e. The van der Waals surface area contributed by atoms with Crippen molar-refractivity contribution in [3.63, 3.8) is 0 Å². The van der Waals surface area contributed by atoms with Gasteiger partial charge in [-0.15, -0.1) is 0 Å². The number of carbonyl (C=O) groups excluding carboxylic acids is 1. The number of ether oxygens (including phenoxy) is 1. The number of likely N-dealkylation sites (tertiary alicyclic amines) is 1. The molecule has 2 aromatic rings. The summed E-state index contributed by atoms with van der Waals surface area (Å²) in [4.78, 5) is 14.4. The maximum absolute atomic E-state index is 12.6. The number of nitrogens with zero attached hydrogens (tertiary/aromatic N) is 1. The number of hydrogen-bond donors (Lipinski definition) is 1. The maximum Gasteiger partial charge on any atom is 0.410 e. The SMILES string of the molecule is O=C(OCc1ccccc1)N1CC[C@@]2(CO)C[C@@]2(c2ccc(Cl)c(Cl)c2)C1. The van der Waals surface area contributed by atoms with Gasteiger partial charge in [0.1, 0.15) is 6.61 Å². The molecule has 27 heavy (non-hydrogen) atoms. The van der Waals surface area contributed by atoms with E-state index in [4.69, 9.17) is 27.9 Å². The van der Waals surface area contributed by atoms with Gasteiger partial charge in [0.05, 0.1) is 10.0 Å². The molecule has 1 amide bonds. The molecule has 2 aromatic carbocycles. The van der Waals surface area contributed by atoms with Crippen LogP contribution in [0.3, 0.4) is 0 Å². The number of aliphatic hydroxyl groups is 1. The quantitative estimate of drug-likeness (QED) is 0.804. The topological polar surface area (TPSA) is 49.8 Å². The van der Waals surface area contributed by atoms with Crippen LogP contribution in [0.25, 0.3) is 0 Å². The highest BCUT2D eigenvalue weighted by atomic mass is 35.5. The molecule has 1 aliphatic heterocycles. The Morgan fingerprint density at radius 2 is 1.93 bits per heavy atom. The van der Waals surface area contributed by atoms with Crippen LogP contribution >= 0.6 is 23.2 Å². The van der Waals surface area contributed by atoms with Crippen LogP contribution in [0.15, 0.2) is 48.5 Å². The number of fused-ring (bicyclic) bond motifs is 1. The van der Waals surface area contributed by atoms with Crippen LogP contribution in [0.2, 0.25) is 10.0 Å². The van der Waals surface area contributed by atoms with E-state index in [-0.39, 0.29) is 30.1 Å². The van der Waals surface area contributed by atoms with Crippen molar-refractivity contribution in [2.75, 3.05) is 19.7 Å². The Labute approximate surface area is 168 Å². The molecule has 0 unspecified atom stereocenters. The number of halogens is 2. The molecule has 1 heterocycles. The first-order chi connectivity index (χ1) is 13.0. The summed E-state index contributed by atoms with van der Waals surface area (Å²) in [6.45, 7) is 1.44. The molecule has 4 rings (SSSR count). The van der Waals surface area contributed by atoms with Gasteiger partial charge < -0.3 is 14.7 Å². The summed E-state index contributed by atoms with van der Waals surface area (Å²) in [5.74, 6) is 0.